The smallest absolute Gasteiger partial charge is 0.338 e. The Morgan fingerprint density at radius 1 is 1.23 bits per heavy atom. The summed E-state index contributed by atoms with van der Waals surface area (Å²) in [5.74, 6) is -0.890. The number of urea groups is 1. The summed E-state index contributed by atoms with van der Waals surface area (Å²) < 4.78 is 5.18. The first-order chi connectivity index (χ1) is 14.3. The Bertz CT molecular complexity index is 1100. The highest BCUT2D eigenvalue weighted by Crippen LogP contribution is 2.35. The molecule has 2 heterocycles. The first-order valence-corrected chi connectivity index (χ1v) is 9.82. The lowest BCUT2D eigenvalue weighted by Gasteiger charge is -2.32. The van der Waals surface area contributed by atoms with Crippen LogP contribution in [-0.2, 0) is 14.3 Å². The maximum absolute atomic E-state index is 12.8. The number of carbonyl (C=O) groups excluding carboxylic acids is 3. The van der Waals surface area contributed by atoms with Gasteiger partial charge >= 0.3 is 12.0 Å². The summed E-state index contributed by atoms with van der Waals surface area (Å²) in [7, 11) is 0. The van der Waals surface area contributed by atoms with E-state index in [-0.39, 0.29) is 19.1 Å². The van der Waals surface area contributed by atoms with Gasteiger partial charge in [-0.25, -0.2) is 9.59 Å². The Morgan fingerprint density at radius 2 is 2.03 bits per heavy atom. The van der Waals surface area contributed by atoms with E-state index in [1.54, 1.807) is 24.3 Å². The van der Waals surface area contributed by atoms with Gasteiger partial charge in [0.1, 0.15) is 13.2 Å². The van der Waals surface area contributed by atoms with E-state index < -0.39 is 18.0 Å². The molecule has 0 saturated carbocycles. The van der Waals surface area contributed by atoms with Crippen LogP contribution in [0.2, 0.25) is 5.02 Å². The lowest BCUT2D eigenvalue weighted by molar-refractivity contribution is -0.136. The Balaban J connectivity index is 1.60. The van der Waals surface area contributed by atoms with Gasteiger partial charge in [0.15, 0.2) is 0 Å². The van der Waals surface area contributed by atoms with Crippen LogP contribution in [0, 0.1) is 13.8 Å². The number of anilines is 1. The van der Waals surface area contributed by atoms with Crippen LogP contribution in [0.5, 0.6) is 0 Å². The Labute approximate surface area is 178 Å². The molecule has 2 N–H and O–H groups in total. The largest absolute Gasteiger partial charge is 0.456 e. The van der Waals surface area contributed by atoms with Crippen molar-refractivity contribution < 1.29 is 19.1 Å². The monoisotopic (exact) mass is 425 g/mol. The van der Waals surface area contributed by atoms with Crippen molar-refractivity contribution in [3.63, 3.8) is 0 Å². The minimum Gasteiger partial charge on any atom is -0.456 e. The molecule has 0 bridgehead atoms. The first-order valence-electron chi connectivity index (χ1n) is 9.44. The molecule has 2 aliphatic heterocycles. The zero-order chi connectivity index (χ0) is 21.4. The standard InChI is InChI=1S/C22H20ClN3O4/c1-12-6-7-16(13(2)8-12)24-18(27)10-26-17-11-30-21(28)19(17)20(25-22(26)29)14-4-3-5-15(23)9-14/h3-9,20H,10-11H2,1-2H3,(H,24,27)(H,25,29). The van der Waals surface area contributed by atoms with Gasteiger partial charge in [0.25, 0.3) is 0 Å². The fourth-order valence-electron chi connectivity index (χ4n) is 3.70. The number of benzene rings is 2. The summed E-state index contributed by atoms with van der Waals surface area (Å²) >= 11 is 6.07. The van der Waals surface area contributed by atoms with E-state index in [9.17, 15) is 14.4 Å². The lowest BCUT2D eigenvalue weighted by atomic mass is 9.96. The van der Waals surface area contributed by atoms with Crippen molar-refractivity contribution in [1.29, 1.82) is 0 Å². The number of cyclic esters (lactones) is 1. The molecule has 154 valence electrons. The van der Waals surface area contributed by atoms with Gasteiger partial charge in [-0.3, -0.25) is 9.69 Å². The van der Waals surface area contributed by atoms with E-state index in [0.29, 0.717) is 27.5 Å². The molecule has 0 aromatic heterocycles. The van der Waals surface area contributed by atoms with Gasteiger partial charge in [0.2, 0.25) is 5.91 Å². The van der Waals surface area contributed by atoms with E-state index in [4.69, 9.17) is 16.3 Å². The molecule has 0 fully saturated rings. The molecule has 0 radical (unpaired) electrons. The van der Waals surface area contributed by atoms with Crippen LogP contribution in [0.4, 0.5) is 10.5 Å². The van der Waals surface area contributed by atoms with Crippen molar-refractivity contribution in [2.24, 2.45) is 0 Å². The van der Waals surface area contributed by atoms with Crippen LogP contribution < -0.4 is 10.6 Å². The van der Waals surface area contributed by atoms with Crippen LogP contribution in [0.1, 0.15) is 22.7 Å². The molecule has 2 aromatic rings. The predicted molar refractivity (Wildman–Crippen MR) is 112 cm³/mol. The third-order valence-corrected chi connectivity index (χ3v) is 5.37. The molecule has 0 spiro atoms. The van der Waals surface area contributed by atoms with Gasteiger partial charge in [-0.1, -0.05) is 41.4 Å². The van der Waals surface area contributed by atoms with Crippen molar-refractivity contribution in [3.8, 4) is 0 Å². The highest BCUT2D eigenvalue weighted by Gasteiger charge is 2.42. The van der Waals surface area contributed by atoms with Crippen LogP contribution >= 0.6 is 11.6 Å². The minimum atomic E-state index is -0.681. The average molecular weight is 426 g/mol. The van der Waals surface area contributed by atoms with Crippen molar-refractivity contribution in [2.75, 3.05) is 18.5 Å². The van der Waals surface area contributed by atoms with Crippen molar-refractivity contribution in [3.05, 3.63) is 75.4 Å². The molecule has 1 atom stereocenters. The van der Waals surface area contributed by atoms with Crippen molar-refractivity contribution in [2.45, 2.75) is 19.9 Å². The van der Waals surface area contributed by atoms with Crippen LogP contribution in [-0.4, -0.2) is 36.0 Å². The number of esters is 1. The number of nitrogens with one attached hydrogen (secondary N) is 2. The molecule has 8 heteroatoms. The maximum Gasteiger partial charge on any atom is 0.338 e. The second-order valence-electron chi connectivity index (χ2n) is 7.33. The number of halogens is 1. The molecule has 3 amide bonds. The highest BCUT2D eigenvalue weighted by atomic mass is 35.5. The molecule has 2 aromatic carbocycles. The zero-order valence-electron chi connectivity index (χ0n) is 16.5. The summed E-state index contributed by atoms with van der Waals surface area (Å²) in [4.78, 5) is 39.1. The number of rotatable bonds is 4. The molecular formula is C22H20ClN3O4. The summed E-state index contributed by atoms with van der Waals surface area (Å²) in [6, 6.07) is 11.4. The van der Waals surface area contributed by atoms with Crippen LogP contribution in [0.3, 0.4) is 0 Å². The summed E-state index contributed by atoms with van der Waals surface area (Å²) in [6.45, 7) is 3.57. The zero-order valence-corrected chi connectivity index (χ0v) is 17.2. The Hall–Kier alpha value is -3.32. The van der Waals surface area contributed by atoms with E-state index in [1.807, 2.05) is 32.0 Å². The number of ether oxygens (including phenoxy) is 1. The number of amides is 3. The molecule has 1 unspecified atom stereocenters. The van der Waals surface area contributed by atoms with E-state index in [0.717, 1.165) is 11.1 Å². The Kier molecular flexibility index (Phi) is 5.22. The SMILES string of the molecule is Cc1ccc(NC(=O)CN2C(=O)NC(c3cccc(Cl)c3)C3=C2COC3=O)c(C)c1. The molecule has 2 aliphatic rings. The second-order valence-corrected chi connectivity index (χ2v) is 7.76. The van der Waals surface area contributed by atoms with E-state index >= 15 is 0 Å². The third-order valence-electron chi connectivity index (χ3n) is 5.14. The van der Waals surface area contributed by atoms with Gasteiger partial charge < -0.3 is 15.4 Å². The van der Waals surface area contributed by atoms with Gasteiger partial charge in [-0.15, -0.1) is 0 Å². The number of nitrogens with zero attached hydrogens (tertiary/aromatic N) is 1. The maximum atomic E-state index is 12.8. The summed E-state index contributed by atoms with van der Waals surface area (Å²) in [6.07, 6.45) is 0. The molecule has 4 rings (SSSR count). The second kappa shape index (κ2) is 7.84. The van der Waals surface area contributed by atoms with Crippen LogP contribution in [0.15, 0.2) is 53.7 Å². The lowest BCUT2D eigenvalue weighted by Crippen LogP contribution is -2.49. The first kappa shape index (κ1) is 20.0. The minimum absolute atomic E-state index is 0.0600. The fourth-order valence-corrected chi connectivity index (χ4v) is 3.90. The number of hydrogen-bond donors (Lipinski definition) is 2. The number of carbonyl (C=O) groups is 3. The van der Waals surface area contributed by atoms with E-state index in [2.05, 4.69) is 10.6 Å². The third kappa shape index (κ3) is 3.76. The summed E-state index contributed by atoms with van der Waals surface area (Å²) in [5, 5.41) is 6.10. The molecule has 0 aliphatic carbocycles. The molecule has 0 saturated heterocycles. The van der Waals surface area contributed by atoms with Gasteiger partial charge in [0.05, 0.1) is 17.3 Å². The molecular weight excluding hydrogens is 406 g/mol. The van der Waals surface area contributed by atoms with Gasteiger partial charge in [0, 0.05) is 10.7 Å². The number of aryl methyl sites for hydroxylation is 2. The van der Waals surface area contributed by atoms with Crippen molar-refractivity contribution in [1.82, 2.24) is 10.2 Å². The average Bonchev–Trinajstić information content (AvgIpc) is 3.08. The van der Waals surface area contributed by atoms with Gasteiger partial charge in [-0.05, 0) is 43.2 Å². The van der Waals surface area contributed by atoms with Gasteiger partial charge in [-0.2, -0.15) is 0 Å². The highest BCUT2D eigenvalue weighted by molar-refractivity contribution is 6.30. The topological polar surface area (TPSA) is 87.7 Å². The Morgan fingerprint density at radius 3 is 2.77 bits per heavy atom. The quantitative estimate of drug-likeness (QED) is 0.734. The number of hydrogen-bond acceptors (Lipinski definition) is 4. The summed E-state index contributed by atoms with van der Waals surface area (Å²) in [5.41, 5.74) is 4.06. The fraction of sp³-hybridized carbons (Fsp3) is 0.227. The predicted octanol–water partition coefficient (Wildman–Crippen LogP) is 3.47. The normalized spacial score (nSPS) is 18.1. The van der Waals surface area contributed by atoms with E-state index in [1.165, 1.54) is 4.90 Å². The molecule has 30 heavy (non-hydrogen) atoms. The molecule has 7 nitrogen and oxygen atoms in total. The van der Waals surface area contributed by atoms with Crippen LogP contribution in [0.25, 0.3) is 0 Å². The van der Waals surface area contributed by atoms with Crippen molar-refractivity contribution >= 4 is 35.2 Å².